The van der Waals surface area contributed by atoms with Crippen molar-refractivity contribution in [3.8, 4) is 17.1 Å². The van der Waals surface area contributed by atoms with Crippen LogP contribution in [0.4, 0.5) is 5.69 Å². The molecule has 0 spiro atoms. The second-order valence-corrected chi connectivity index (χ2v) is 8.52. The third-order valence-corrected chi connectivity index (χ3v) is 6.39. The van der Waals surface area contributed by atoms with Gasteiger partial charge in [-0.3, -0.25) is 9.36 Å². The first-order chi connectivity index (χ1) is 14.0. The van der Waals surface area contributed by atoms with Crippen LogP contribution in [0.15, 0.2) is 53.5 Å². The number of aromatic nitrogens is 3. The molecule has 0 saturated carbocycles. The van der Waals surface area contributed by atoms with Crippen LogP contribution in [0.1, 0.15) is 24.6 Å². The van der Waals surface area contributed by atoms with E-state index in [1.165, 1.54) is 16.6 Å². The summed E-state index contributed by atoms with van der Waals surface area (Å²) >= 11 is 3.07. The summed E-state index contributed by atoms with van der Waals surface area (Å²) in [4.78, 5) is 13.7. The lowest BCUT2D eigenvalue weighted by atomic mass is 10.1. The normalized spacial score (nSPS) is 10.9. The van der Waals surface area contributed by atoms with E-state index in [0.717, 1.165) is 11.4 Å². The molecule has 152 valence electrons. The first-order valence-electron chi connectivity index (χ1n) is 9.22. The van der Waals surface area contributed by atoms with E-state index < -0.39 is 0 Å². The van der Waals surface area contributed by atoms with Gasteiger partial charge < -0.3 is 10.1 Å². The van der Waals surface area contributed by atoms with Gasteiger partial charge in [0.15, 0.2) is 11.0 Å². The highest BCUT2D eigenvalue weighted by atomic mass is 32.2. The molecule has 1 aromatic carbocycles. The molecule has 0 radical (unpaired) electrons. The Kier molecular flexibility index (Phi) is 7.11. The molecule has 1 amide bonds. The van der Waals surface area contributed by atoms with Crippen molar-refractivity contribution in [2.24, 2.45) is 0 Å². The Morgan fingerprint density at radius 3 is 2.86 bits per heavy atom. The number of thiophene rings is 1. The minimum Gasteiger partial charge on any atom is -0.495 e. The largest absolute Gasteiger partial charge is 0.495 e. The Balaban J connectivity index is 1.72. The van der Waals surface area contributed by atoms with E-state index in [-0.39, 0.29) is 11.7 Å². The monoisotopic (exact) mass is 428 g/mol. The smallest absolute Gasteiger partial charge is 0.234 e. The SMILES string of the molecule is C=CCn1c(SCC(=O)Nc2ccccc2OC)nnc1-c1csc(C(C)C)c1. The van der Waals surface area contributed by atoms with Crippen molar-refractivity contribution in [1.82, 2.24) is 14.8 Å². The van der Waals surface area contributed by atoms with E-state index in [1.807, 2.05) is 34.9 Å². The molecular weight excluding hydrogens is 404 g/mol. The summed E-state index contributed by atoms with van der Waals surface area (Å²) in [5.74, 6) is 1.97. The molecule has 0 fully saturated rings. The van der Waals surface area contributed by atoms with E-state index in [1.54, 1.807) is 18.4 Å². The first-order valence-corrected chi connectivity index (χ1v) is 11.1. The summed E-state index contributed by atoms with van der Waals surface area (Å²) in [7, 11) is 1.58. The fourth-order valence-corrected chi connectivity index (χ4v) is 4.39. The number of nitrogens with zero attached hydrogens (tertiary/aromatic N) is 3. The van der Waals surface area contributed by atoms with Gasteiger partial charge in [-0.2, -0.15) is 0 Å². The molecule has 0 saturated heterocycles. The Hall–Kier alpha value is -2.58. The summed E-state index contributed by atoms with van der Waals surface area (Å²) in [5, 5.41) is 14.3. The number of nitrogens with one attached hydrogen (secondary N) is 1. The lowest BCUT2D eigenvalue weighted by Gasteiger charge is -2.10. The summed E-state index contributed by atoms with van der Waals surface area (Å²) < 4.78 is 7.26. The Morgan fingerprint density at radius 1 is 1.38 bits per heavy atom. The summed E-state index contributed by atoms with van der Waals surface area (Å²) in [6.45, 7) is 8.76. The van der Waals surface area contributed by atoms with Crippen LogP contribution >= 0.6 is 23.1 Å². The highest BCUT2D eigenvalue weighted by Crippen LogP contribution is 2.31. The maximum Gasteiger partial charge on any atom is 0.234 e. The van der Waals surface area contributed by atoms with Crippen LogP contribution in [0.5, 0.6) is 5.75 Å². The minimum atomic E-state index is -0.133. The number of carbonyl (C=O) groups is 1. The molecule has 0 atom stereocenters. The third kappa shape index (κ3) is 5.07. The van der Waals surface area contributed by atoms with Crippen LogP contribution in [0.2, 0.25) is 0 Å². The molecule has 3 rings (SSSR count). The molecule has 8 heteroatoms. The number of hydrogen-bond acceptors (Lipinski definition) is 6. The Labute approximate surface area is 179 Å². The van der Waals surface area contributed by atoms with Gasteiger partial charge in [0.05, 0.1) is 18.6 Å². The number of benzene rings is 1. The maximum absolute atomic E-state index is 12.4. The topological polar surface area (TPSA) is 69.0 Å². The molecule has 6 nitrogen and oxygen atoms in total. The average Bonchev–Trinajstić information content (AvgIpc) is 3.34. The van der Waals surface area contributed by atoms with Crippen LogP contribution in [-0.2, 0) is 11.3 Å². The van der Waals surface area contributed by atoms with Crippen LogP contribution in [0.3, 0.4) is 0 Å². The van der Waals surface area contributed by atoms with Gasteiger partial charge in [-0.1, -0.05) is 43.8 Å². The zero-order valence-corrected chi connectivity index (χ0v) is 18.3. The van der Waals surface area contributed by atoms with Crippen molar-refractivity contribution < 1.29 is 9.53 Å². The molecule has 1 N–H and O–H groups in total. The standard InChI is InChI=1S/C21H24N4O2S2/c1-5-10-25-20(15-11-18(14(2)3)28-12-15)23-24-21(25)29-13-19(26)22-16-8-6-7-9-17(16)27-4/h5-9,11-12,14H,1,10,13H2,2-4H3,(H,22,26). The molecule has 2 aromatic heterocycles. The second-order valence-electron chi connectivity index (χ2n) is 6.64. The van der Waals surface area contributed by atoms with Crippen molar-refractivity contribution in [2.45, 2.75) is 31.5 Å². The summed E-state index contributed by atoms with van der Waals surface area (Å²) in [5.41, 5.74) is 1.69. The van der Waals surface area contributed by atoms with E-state index >= 15 is 0 Å². The van der Waals surface area contributed by atoms with Crippen LogP contribution in [0, 0.1) is 0 Å². The van der Waals surface area contributed by atoms with Gasteiger partial charge in [0.25, 0.3) is 0 Å². The second kappa shape index (κ2) is 9.76. The number of hydrogen-bond donors (Lipinski definition) is 1. The van der Waals surface area contributed by atoms with Gasteiger partial charge >= 0.3 is 0 Å². The molecule has 3 aromatic rings. The predicted molar refractivity (Wildman–Crippen MR) is 120 cm³/mol. The number of thioether (sulfide) groups is 1. The summed E-state index contributed by atoms with van der Waals surface area (Å²) in [6.07, 6.45) is 1.81. The number of ether oxygens (including phenoxy) is 1. The zero-order chi connectivity index (χ0) is 20.8. The third-order valence-electron chi connectivity index (χ3n) is 4.19. The van der Waals surface area contributed by atoms with Crippen molar-refractivity contribution in [2.75, 3.05) is 18.2 Å². The van der Waals surface area contributed by atoms with Gasteiger partial charge in [-0.05, 0) is 24.1 Å². The van der Waals surface area contributed by atoms with Crippen molar-refractivity contribution in [3.05, 3.63) is 53.2 Å². The fraction of sp³-hybridized carbons (Fsp3) is 0.286. The minimum absolute atomic E-state index is 0.133. The molecule has 2 heterocycles. The van der Waals surface area contributed by atoms with Gasteiger partial charge in [0, 0.05) is 22.4 Å². The number of methoxy groups -OCH3 is 1. The Bertz CT molecular complexity index is 994. The zero-order valence-electron chi connectivity index (χ0n) is 16.7. The van der Waals surface area contributed by atoms with Gasteiger partial charge in [-0.25, -0.2) is 0 Å². The molecule has 0 unspecified atom stereocenters. The Morgan fingerprint density at radius 2 is 2.17 bits per heavy atom. The highest BCUT2D eigenvalue weighted by molar-refractivity contribution is 7.99. The predicted octanol–water partition coefficient (Wildman–Crippen LogP) is 5.06. The van der Waals surface area contributed by atoms with E-state index in [4.69, 9.17) is 4.74 Å². The van der Waals surface area contributed by atoms with E-state index in [9.17, 15) is 4.79 Å². The lowest BCUT2D eigenvalue weighted by molar-refractivity contribution is -0.113. The molecule has 0 aliphatic heterocycles. The number of carbonyl (C=O) groups excluding carboxylic acids is 1. The molecule has 0 bridgehead atoms. The number of para-hydroxylation sites is 2. The fourth-order valence-electron chi connectivity index (χ4n) is 2.74. The molecule has 29 heavy (non-hydrogen) atoms. The van der Waals surface area contributed by atoms with Gasteiger partial charge in [0.2, 0.25) is 5.91 Å². The number of anilines is 1. The lowest BCUT2D eigenvalue weighted by Crippen LogP contribution is -2.15. The number of rotatable bonds is 9. The number of amides is 1. The quantitative estimate of drug-likeness (QED) is 0.381. The molecule has 0 aliphatic carbocycles. The van der Waals surface area contributed by atoms with Crippen molar-refractivity contribution in [3.63, 3.8) is 0 Å². The highest BCUT2D eigenvalue weighted by Gasteiger charge is 2.17. The van der Waals surface area contributed by atoms with Crippen LogP contribution in [-0.4, -0.2) is 33.5 Å². The van der Waals surface area contributed by atoms with Gasteiger partial charge in [0.1, 0.15) is 5.75 Å². The van der Waals surface area contributed by atoms with Crippen LogP contribution in [0.25, 0.3) is 11.4 Å². The average molecular weight is 429 g/mol. The van der Waals surface area contributed by atoms with E-state index in [0.29, 0.717) is 29.1 Å². The van der Waals surface area contributed by atoms with Crippen LogP contribution < -0.4 is 10.1 Å². The van der Waals surface area contributed by atoms with Crippen molar-refractivity contribution >= 4 is 34.7 Å². The van der Waals surface area contributed by atoms with E-state index in [2.05, 4.69) is 47.4 Å². The van der Waals surface area contributed by atoms with Crippen molar-refractivity contribution in [1.29, 1.82) is 0 Å². The first kappa shape index (κ1) is 21.1. The molecular formula is C21H24N4O2S2. The molecule has 0 aliphatic rings. The maximum atomic E-state index is 12.4. The number of allylic oxidation sites excluding steroid dienone is 1. The summed E-state index contributed by atoms with van der Waals surface area (Å²) in [6, 6.07) is 9.48. The van der Waals surface area contributed by atoms with Gasteiger partial charge in [-0.15, -0.1) is 28.1 Å².